The molecule has 1 aromatic carbocycles. The van der Waals surface area contributed by atoms with E-state index in [0.717, 1.165) is 4.34 Å². The molecule has 1 N–H and O–H groups in total. The van der Waals surface area contributed by atoms with Crippen molar-refractivity contribution in [3.63, 3.8) is 0 Å². The first-order valence-corrected chi connectivity index (χ1v) is 8.48. The van der Waals surface area contributed by atoms with E-state index in [2.05, 4.69) is 26.8 Å². The van der Waals surface area contributed by atoms with Gasteiger partial charge >= 0.3 is 6.61 Å². The third-order valence-corrected chi connectivity index (χ3v) is 4.46. The first kappa shape index (κ1) is 18.1. The summed E-state index contributed by atoms with van der Waals surface area (Å²) >= 11 is 2.75. The molecule has 0 fully saturated rings. The number of benzene rings is 1. The van der Waals surface area contributed by atoms with E-state index < -0.39 is 6.61 Å². The molecule has 2 rings (SSSR count). The summed E-state index contributed by atoms with van der Waals surface area (Å²) in [6, 6.07) is 5.93. The van der Waals surface area contributed by atoms with Crippen molar-refractivity contribution >= 4 is 40.2 Å². The number of hydrogen-bond acceptors (Lipinski definition) is 6. The molecule has 0 aliphatic heterocycles. The zero-order chi connectivity index (χ0) is 17.4. The van der Waals surface area contributed by atoms with Crippen LogP contribution in [0.5, 0.6) is 5.75 Å². The van der Waals surface area contributed by atoms with Gasteiger partial charge in [0, 0.05) is 11.8 Å². The molecule has 0 unspecified atom stereocenters. The molecule has 0 aliphatic carbocycles. The van der Waals surface area contributed by atoms with E-state index in [9.17, 15) is 13.6 Å². The molecule has 0 radical (unpaired) electrons. The molecular weight excluding hydrogens is 356 g/mol. The molecule has 0 spiro atoms. The number of carbonyl (C=O) groups excluding carboxylic acids is 1. The number of nitrogens with one attached hydrogen (secondary N) is 1. The van der Waals surface area contributed by atoms with Crippen LogP contribution in [0.15, 0.2) is 47.3 Å². The molecule has 0 atom stereocenters. The molecule has 1 aromatic heterocycles. The van der Waals surface area contributed by atoms with Gasteiger partial charge in [0.25, 0.3) is 0 Å². The fourth-order valence-corrected chi connectivity index (χ4v) is 3.04. The van der Waals surface area contributed by atoms with Gasteiger partial charge in [-0.3, -0.25) is 10.1 Å². The SMILES string of the molecule is C=CCSc1nnc(NC(=O)/C=C/c2ccc(OC(F)F)cc2)s1. The van der Waals surface area contributed by atoms with Gasteiger partial charge in [0.1, 0.15) is 5.75 Å². The van der Waals surface area contributed by atoms with E-state index >= 15 is 0 Å². The Morgan fingerprint density at radius 2 is 2.12 bits per heavy atom. The molecule has 2 aromatic rings. The molecule has 1 heterocycles. The van der Waals surface area contributed by atoms with Crippen molar-refractivity contribution < 1.29 is 18.3 Å². The van der Waals surface area contributed by atoms with Crippen LogP contribution in [0.4, 0.5) is 13.9 Å². The van der Waals surface area contributed by atoms with Gasteiger partial charge in [-0.25, -0.2) is 0 Å². The lowest BCUT2D eigenvalue weighted by molar-refractivity contribution is -0.111. The first-order valence-electron chi connectivity index (χ1n) is 6.68. The van der Waals surface area contributed by atoms with Crippen molar-refractivity contribution in [1.82, 2.24) is 10.2 Å². The summed E-state index contributed by atoms with van der Waals surface area (Å²) in [5.41, 5.74) is 0.672. The zero-order valence-electron chi connectivity index (χ0n) is 12.3. The zero-order valence-corrected chi connectivity index (χ0v) is 13.9. The van der Waals surface area contributed by atoms with Gasteiger partial charge in [-0.2, -0.15) is 8.78 Å². The Kier molecular flexibility index (Phi) is 6.89. The number of hydrogen-bond donors (Lipinski definition) is 1. The van der Waals surface area contributed by atoms with E-state index in [1.165, 1.54) is 41.3 Å². The highest BCUT2D eigenvalue weighted by Crippen LogP contribution is 2.25. The molecule has 1 amide bonds. The summed E-state index contributed by atoms with van der Waals surface area (Å²) in [7, 11) is 0. The van der Waals surface area contributed by atoms with Crippen molar-refractivity contribution in [2.24, 2.45) is 0 Å². The van der Waals surface area contributed by atoms with E-state index in [1.807, 2.05) is 0 Å². The highest BCUT2D eigenvalue weighted by Gasteiger charge is 2.06. The quantitative estimate of drug-likeness (QED) is 0.329. The second-order valence-electron chi connectivity index (χ2n) is 4.24. The lowest BCUT2D eigenvalue weighted by atomic mass is 10.2. The van der Waals surface area contributed by atoms with Crippen LogP contribution in [0.3, 0.4) is 0 Å². The summed E-state index contributed by atoms with van der Waals surface area (Å²) in [6.07, 6.45) is 4.63. The number of anilines is 1. The monoisotopic (exact) mass is 369 g/mol. The van der Waals surface area contributed by atoms with Gasteiger partial charge < -0.3 is 4.74 Å². The van der Waals surface area contributed by atoms with Gasteiger partial charge in [0.05, 0.1) is 0 Å². The topological polar surface area (TPSA) is 64.1 Å². The summed E-state index contributed by atoms with van der Waals surface area (Å²) in [6.45, 7) is 0.753. The number of rotatable bonds is 8. The van der Waals surface area contributed by atoms with E-state index in [1.54, 1.807) is 24.3 Å². The van der Waals surface area contributed by atoms with Crippen molar-refractivity contribution in [3.05, 3.63) is 48.6 Å². The lowest BCUT2D eigenvalue weighted by Crippen LogP contribution is -2.07. The molecule has 0 saturated carbocycles. The van der Waals surface area contributed by atoms with E-state index in [0.29, 0.717) is 16.4 Å². The van der Waals surface area contributed by atoms with Gasteiger partial charge in [-0.05, 0) is 23.8 Å². The molecule has 9 heteroatoms. The van der Waals surface area contributed by atoms with Crippen molar-refractivity contribution in [2.45, 2.75) is 11.0 Å². The lowest BCUT2D eigenvalue weighted by Gasteiger charge is -2.03. The van der Waals surface area contributed by atoms with Crippen LogP contribution >= 0.6 is 23.1 Å². The van der Waals surface area contributed by atoms with Crippen molar-refractivity contribution in [2.75, 3.05) is 11.1 Å². The number of amides is 1. The second kappa shape index (κ2) is 9.14. The number of ether oxygens (including phenoxy) is 1. The van der Waals surface area contributed by atoms with Gasteiger partial charge in [0.2, 0.25) is 11.0 Å². The van der Waals surface area contributed by atoms with Crippen LogP contribution in [0, 0.1) is 0 Å². The number of halogens is 2. The highest BCUT2D eigenvalue weighted by atomic mass is 32.2. The van der Waals surface area contributed by atoms with Crippen LogP contribution < -0.4 is 10.1 Å². The highest BCUT2D eigenvalue weighted by molar-refractivity contribution is 8.01. The second-order valence-corrected chi connectivity index (χ2v) is 6.49. The summed E-state index contributed by atoms with van der Waals surface area (Å²) in [5, 5.41) is 10.8. The molecular formula is C15H13F2N3O2S2. The fourth-order valence-electron chi connectivity index (χ4n) is 1.53. The summed E-state index contributed by atoms with van der Waals surface area (Å²) in [5.74, 6) is 0.414. The van der Waals surface area contributed by atoms with Gasteiger partial charge in [-0.15, -0.1) is 16.8 Å². The maximum absolute atomic E-state index is 12.0. The Labute approximate surface area is 145 Å². The predicted molar refractivity (Wildman–Crippen MR) is 91.6 cm³/mol. The van der Waals surface area contributed by atoms with Crippen LogP contribution in [0.25, 0.3) is 6.08 Å². The third-order valence-electron chi connectivity index (χ3n) is 2.49. The summed E-state index contributed by atoms with van der Waals surface area (Å²) in [4.78, 5) is 11.8. The largest absolute Gasteiger partial charge is 0.435 e. The maximum atomic E-state index is 12.0. The molecule has 24 heavy (non-hydrogen) atoms. The fraction of sp³-hybridized carbons (Fsp3) is 0.133. The van der Waals surface area contributed by atoms with Crippen LogP contribution in [-0.4, -0.2) is 28.5 Å². The van der Waals surface area contributed by atoms with Crippen LogP contribution in [-0.2, 0) is 4.79 Å². The van der Waals surface area contributed by atoms with Gasteiger partial charge in [0.15, 0.2) is 4.34 Å². The minimum absolute atomic E-state index is 0.0602. The minimum atomic E-state index is -2.86. The predicted octanol–water partition coefficient (Wildman–Crippen LogP) is 4.07. The smallest absolute Gasteiger partial charge is 0.387 e. The number of alkyl halides is 2. The maximum Gasteiger partial charge on any atom is 0.387 e. The average molecular weight is 369 g/mol. The van der Waals surface area contributed by atoms with Crippen LogP contribution in [0.2, 0.25) is 0 Å². The molecule has 5 nitrogen and oxygen atoms in total. The Balaban J connectivity index is 1.88. The third kappa shape index (κ3) is 6.09. The normalized spacial score (nSPS) is 11.0. The minimum Gasteiger partial charge on any atom is -0.435 e. The van der Waals surface area contributed by atoms with Gasteiger partial charge in [-0.1, -0.05) is 41.3 Å². The summed E-state index contributed by atoms with van der Waals surface area (Å²) < 4.78 is 29.1. The standard InChI is InChI=1S/C15H13F2N3O2S2/c1-2-9-23-15-20-19-14(24-15)18-12(21)8-5-10-3-6-11(7-4-10)22-13(16)17/h2-8,13H,1,9H2,(H,18,19,21)/b8-5+. The van der Waals surface area contributed by atoms with E-state index in [4.69, 9.17) is 0 Å². The molecule has 0 aliphatic rings. The number of nitrogens with zero attached hydrogens (tertiary/aromatic N) is 2. The molecule has 0 saturated heterocycles. The van der Waals surface area contributed by atoms with Crippen LogP contribution in [0.1, 0.15) is 5.56 Å². The molecule has 0 bridgehead atoms. The Bertz CT molecular complexity index is 718. The van der Waals surface area contributed by atoms with E-state index in [-0.39, 0.29) is 11.7 Å². The van der Waals surface area contributed by atoms with Crippen molar-refractivity contribution in [1.29, 1.82) is 0 Å². The average Bonchev–Trinajstić information content (AvgIpc) is 2.99. The Hall–Kier alpha value is -2.26. The molecule has 126 valence electrons. The number of thioether (sulfide) groups is 1. The van der Waals surface area contributed by atoms with Crippen molar-refractivity contribution in [3.8, 4) is 5.75 Å². The Morgan fingerprint density at radius 1 is 1.38 bits per heavy atom. The number of aromatic nitrogens is 2. The first-order chi connectivity index (χ1) is 11.6. The number of carbonyl (C=O) groups is 1. The Morgan fingerprint density at radius 3 is 2.79 bits per heavy atom.